The van der Waals surface area contributed by atoms with E-state index in [1.165, 1.54) is 0 Å². The van der Waals surface area contributed by atoms with E-state index < -0.39 is 0 Å². The van der Waals surface area contributed by atoms with Crippen LogP contribution in [-0.2, 0) is 0 Å². The fourth-order valence-electron chi connectivity index (χ4n) is 1.75. The van der Waals surface area contributed by atoms with E-state index in [1.807, 2.05) is 19.1 Å². The lowest BCUT2D eigenvalue weighted by atomic mass is 10.1. The van der Waals surface area contributed by atoms with Crippen LogP contribution < -0.4 is 10.6 Å². The van der Waals surface area contributed by atoms with Crippen molar-refractivity contribution in [1.82, 2.24) is 10.3 Å². The number of nitrogens with zero attached hydrogens (tertiary/aromatic N) is 1. The van der Waals surface area contributed by atoms with Crippen molar-refractivity contribution < 1.29 is 0 Å². The second-order valence-electron chi connectivity index (χ2n) is 4.74. The van der Waals surface area contributed by atoms with Gasteiger partial charge in [0.25, 0.3) is 0 Å². The van der Waals surface area contributed by atoms with Gasteiger partial charge in [0.2, 0.25) is 0 Å². The summed E-state index contributed by atoms with van der Waals surface area (Å²) >= 11 is 6.97. The van der Waals surface area contributed by atoms with Gasteiger partial charge in [-0.1, -0.05) is 19.1 Å². The molecule has 2 rings (SSSR count). The molecule has 0 aliphatic heterocycles. The van der Waals surface area contributed by atoms with Crippen molar-refractivity contribution in [2.45, 2.75) is 33.2 Å². The van der Waals surface area contributed by atoms with Crippen LogP contribution in [0.2, 0.25) is 0 Å². The van der Waals surface area contributed by atoms with Gasteiger partial charge in [0.15, 0.2) is 5.11 Å². The predicted molar refractivity (Wildman–Crippen MR) is 91.4 cm³/mol. The van der Waals surface area contributed by atoms with Gasteiger partial charge >= 0.3 is 0 Å². The maximum atomic E-state index is 5.31. The summed E-state index contributed by atoms with van der Waals surface area (Å²) in [4.78, 5) is 4.51. The van der Waals surface area contributed by atoms with E-state index in [0.717, 1.165) is 28.4 Å². The Morgan fingerprint density at radius 3 is 2.90 bits per heavy atom. The second kappa shape index (κ2) is 6.81. The molecule has 0 saturated heterocycles. The van der Waals surface area contributed by atoms with E-state index in [4.69, 9.17) is 12.2 Å². The largest absolute Gasteiger partial charge is 0.360 e. The number of thiocarbonyl (C=S) groups is 1. The molecule has 0 amide bonds. The molecular formula is C15H19N3S2. The van der Waals surface area contributed by atoms with Gasteiger partial charge in [0.05, 0.1) is 10.7 Å². The quantitative estimate of drug-likeness (QED) is 0.830. The molecule has 1 heterocycles. The molecule has 2 aromatic rings. The molecule has 0 spiro atoms. The molecule has 20 heavy (non-hydrogen) atoms. The zero-order chi connectivity index (χ0) is 14.5. The SMILES string of the molecule is CC[C@@H](C)NC(=S)Nc1cccc(-c2csc(C)n2)c1. The fourth-order valence-corrected chi connectivity index (χ4v) is 2.69. The van der Waals surface area contributed by atoms with Crippen molar-refractivity contribution in [3.05, 3.63) is 34.7 Å². The van der Waals surface area contributed by atoms with Crippen LogP contribution in [0.4, 0.5) is 5.69 Å². The molecule has 106 valence electrons. The standard InChI is InChI=1S/C15H19N3S2/c1-4-10(2)16-15(19)18-13-7-5-6-12(8-13)14-9-20-11(3)17-14/h5-10H,4H2,1-3H3,(H2,16,18,19)/t10-/m1/s1. The third-order valence-electron chi connectivity index (χ3n) is 3.03. The minimum atomic E-state index is 0.374. The molecule has 1 aromatic heterocycles. The molecule has 0 unspecified atom stereocenters. The summed E-state index contributed by atoms with van der Waals surface area (Å²) in [6, 6.07) is 8.52. The minimum absolute atomic E-state index is 0.374. The maximum Gasteiger partial charge on any atom is 0.170 e. The van der Waals surface area contributed by atoms with Crippen LogP contribution in [0.25, 0.3) is 11.3 Å². The van der Waals surface area contributed by atoms with Crippen molar-refractivity contribution in [1.29, 1.82) is 0 Å². The lowest BCUT2D eigenvalue weighted by molar-refractivity contribution is 0.646. The van der Waals surface area contributed by atoms with Crippen LogP contribution in [0.1, 0.15) is 25.3 Å². The number of hydrogen-bond acceptors (Lipinski definition) is 3. The number of aromatic nitrogens is 1. The summed E-state index contributed by atoms with van der Waals surface area (Å²) in [5.41, 5.74) is 3.09. The Labute approximate surface area is 129 Å². The fraction of sp³-hybridized carbons (Fsp3) is 0.333. The molecule has 5 heteroatoms. The Morgan fingerprint density at radius 1 is 1.45 bits per heavy atom. The normalized spacial score (nSPS) is 11.9. The smallest absolute Gasteiger partial charge is 0.170 e. The summed E-state index contributed by atoms with van der Waals surface area (Å²) in [5, 5.41) is 10.3. The number of thiazole rings is 1. The third-order valence-corrected chi connectivity index (χ3v) is 4.02. The molecule has 1 aromatic carbocycles. The average Bonchev–Trinajstić information content (AvgIpc) is 2.85. The van der Waals surface area contributed by atoms with Gasteiger partial charge in [-0.3, -0.25) is 0 Å². The lowest BCUT2D eigenvalue weighted by Gasteiger charge is -2.15. The van der Waals surface area contributed by atoms with Gasteiger partial charge in [-0.25, -0.2) is 4.98 Å². The monoisotopic (exact) mass is 305 g/mol. The van der Waals surface area contributed by atoms with Crippen LogP contribution in [-0.4, -0.2) is 16.1 Å². The summed E-state index contributed by atoms with van der Waals surface area (Å²) in [5.74, 6) is 0. The second-order valence-corrected chi connectivity index (χ2v) is 6.21. The lowest BCUT2D eigenvalue weighted by Crippen LogP contribution is -2.35. The predicted octanol–water partition coefficient (Wildman–Crippen LogP) is 4.20. The van der Waals surface area contributed by atoms with Gasteiger partial charge in [0, 0.05) is 22.7 Å². The van der Waals surface area contributed by atoms with Gasteiger partial charge < -0.3 is 10.6 Å². The van der Waals surface area contributed by atoms with Crippen LogP contribution in [0.3, 0.4) is 0 Å². The maximum absolute atomic E-state index is 5.31. The number of anilines is 1. The number of rotatable bonds is 4. The highest BCUT2D eigenvalue weighted by Gasteiger charge is 2.05. The average molecular weight is 305 g/mol. The molecule has 0 fully saturated rings. The molecule has 0 radical (unpaired) electrons. The minimum Gasteiger partial charge on any atom is -0.360 e. The molecule has 3 nitrogen and oxygen atoms in total. The highest BCUT2D eigenvalue weighted by atomic mass is 32.1. The molecule has 2 N–H and O–H groups in total. The summed E-state index contributed by atoms with van der Waals surface area (Å²) in [6.45, 7) is 6.26. The number of benzene rings is 1. The Morgan fingerprint density at radius 2 is 2.25 bits per heavy atom. The van der Waals surface area contributed by atoms with Crippen molar-refractivity contribution >= 4 is 34.4 Å². The van der Waals surface area contributed by atoms with E-state index in [9.17, 15) is 0 Å². The Kier molecular flexibility index (Phi) is 5.09. The van der Waals surface area contributed by atoms with Gasteiger partial charge in [-0.2, -0.15) is 0 Å². The molecule has 0 aliphatic carbocycles. The first-order valence-electron chi connectivity index (χ1n) is 6.68. The van der Waals surface area contributed by atoms with E-state index in [0.29, 0.717) is 11.2 Å². The van der Waals surface area contributed by atoms with E-state index in [2.05, 4.69) is 47.0 Å². The molecular weight excluding hydrogens is 286 g/mol. The summed E-state index contributed by atoms with van der Waals surface area (Å²) < 4.78 is 0. The highest BCUT2D eigenvalue weighted by molar-refractivity contribution is 7.80. The van der Waals surface area contributed by atoms with Crippen molar-refractivity contribution in [2.24, 2.45) is 0 Å². The van der Waals surface area contributed by atoms with Crippen LogP contribution in [0.15, 0.2) is 29.6 Å². The van der Waals surface area contributed by atoms with Crippen LogP contribution in [0.5, 0.6) is 0 Å². The zero-order valence-electron chi connectivity index (χ0n) is 11.9. The Bertz CT molecular complexity index is 592. The topological polar surface area (TPSA) is 37.0 Å². The molecule has 0 bridgehead atoms. The zero-order valence-corrected chi connectivity index (χ0v) is 13.6. The van der Waals surface area contributed by atoms with Crippen molar-refractivity contribution in [3.63, 3.8) is 0 Å². The Balaban J connectivity index is 2.08. The number of nitrogens with one attached hydrogen (secondary N) is 2. The summed E-state index contributed by atoms with van der Waals surface area (Å²) in [6.07, 6.45) is 1.04. The first-order chi connectivity index (χ1) is 9.58. The van der Waals surface area contributed by atoms with Gasteiger partial charge in [-0.15, -0.1) is 11.3 Å². The van der Waals surface area contributed by atoms with Crippen LogP contribution in [0, 0.1) is 6.92 Å². The van der Waals surface area contributed by atoms with Crippen LogP contribution >= 0.6 is 23.6 Å². The first-order valence-corrected chi connectivity index (χ1v) is 7.97. The number of aryl methyl sites for hydroxylation is 1. The highest BCUT2D eigenvalue weighted by Crippen LogP contribution is 2.24. The first kappa shape index (κ1) is 14.9. The van der Waals surface area contributed by atoms with Crippen molar-refractivity contribution in [3.8, 4) is 11.3 Å². The molecule has 1 atom stereocenters. The van der Waals surface area contributed by atoms with E-state index in [1.54, 1.807) is 11.3 Å². The van der Waals surface area contributed by atoms with Gasteiger partial charge in [-0.05, 0) is 44.6 Å². The van der Waals surface area contributed by atoms with Crippen molar-refractivity contribution in [2.75, 3.05) is 5.32 Å². The summed E-state index contributed by atoms with van der Waals surface area (Å²) in [7, 11) is 0. The third kappa shape index (κ3) is 4.02. The molecule has 0 aliphatic rings. The van der Waals surface area contributed by atoms with Gasteiger partial charge in [0.1, 0.15) is 0 Å². The van der Waals surface area contributed by atoms with E-state index in [-0.39, 0.29) is 0 Å². The molecule has 0 saturated carbocycles. The Hall–Kier alpha value is -1.46. The van der Waals surface area contributed by atoms with E-state index >= 15 is 0 Å². The number of hydrogen-bond donors (Lipinski definition) is 2.